The molecule has 1 aliphatic heterocycles. The van der Waals surface area contributed by atoms with Gasteiger partial charge in [-0.25, -0.2) is 0 Å². The SMILES string of the molecule is CC1=CC(=O)[C@H]2C(CC=C3N(Cc4ccc(Br)cc4)C(=O)CCC32C)[C@@H]1CCC#N. The smallest absolute Gasteiger partial charge is 0.227 e. The van der Waals surface area contributed by atoms with E-state index in [-0.39, 0.29) is 34.9 Å². The minimum atomic E-state index is -0.342. The first-order valence-corrected chi connectivity index (χ1v) is 11.5. The number of rotatable bonds is 4. The Morgan fingerprint density at radius 1 is 1.27 bits per heavy atom. The summed E-state index contributed by atoms with van der Waals surface area (Å²) in [5, 5.41) is 9.10. The van der Waals surface area contributed by atoms with Crippen molar-refractivity contribution in [3.8, 4) is 6.07 Å². The van der Waals surface area contributed by atoms with Crippen molar-refractivity contribution < 1.29 is 9.59 Å². The minimum absolute atomic E-state index is 0.120. The molecule has 1 saturated heterocycles. The maximum atomic E-state index is 13.2. The lowest BCUT2D eigenvalue weighted by Crippen LogP contribution is -2.54. The first-order chi connectivity index (χ1) is 14.3. The molecule has 1 fully saturated rings. The zero-order valence-electron chi connectivity index (χ0n) is 17.5. The molecule has 0 N–H and O–H groups in total. The van der Waals surface area contributed by atoms with Gasteiger partial charge in [0.25, 0.3) is 0 Å². The molecule has 3 aliphatic rings. The Balaban J connectivity index is 1.69. The van der Waals surface area contributed by atoms with E-state index in [1.54, 1.807) is 0 Å². The summed E-state index contributed by atoms with van der Waals surface area (Å²) < 4.78 is 1.01. The molecule has 5 heteroatoms. The molecule has 4 nitrogen and oxygen atoms in total. The monoisotopic (exact) mass is 466 g/mol. The Labute approximate surface area is 186 Å². The van der Waals surface area contributed by atoms with Crippen LogP contribution in [0.3, 0.4) is 0 Å². The fourth-order valence-electron chi connectivity index (χ4n) is 5.87. The summed E-state index contributed by atoms with van der Waals surface area (Å²) in [6.45, 7) is 4.73. The number of piperidine rings is 1. The summed E-state index contributed by atoms with van der Waals surface area (Å²) in [6.07, 6.45) is 7.29. The van der Waals surface area contributed by atoms with Crippen molar-refractivity contribution in [3.05, 3.63) is 57.7 Å². The van der Waals surface area contributed by atoms with Gasteiger partial charge in [-0.1, -0.05) is 46.6 Å². The second-order valence-electron chi connectivity index (χ2n) is 9.08. The Morgan fingerprint density at radius 2 is 2.00 bits per heavy atom. The van der Waals surface area contributed by atoms with Crippen molar-refractivity contribution in [2.45, 2.75) is 52.5 Å². The highest BCUT2D eigenvalue weighted by molar-refractivity contribution is 9.10. The van der Waals surface area contributed by atoms with Crippen LogP contribution in [0, 0.1) is 34.5 Å². The van der Waals surface area contributed by atoms with E-state index in [9.17, 15) is 9.59 Å². The number of halogens is 1. The number of nitriles is 1. The Kier molecular flexibility index (Phi) is 5.72. The highest BCUT2D eigenvalue weighted by Crippen LogP contribution is 2.56. The topological polar surface area (TPSA) is 61.2 Å². The number of allylic oxidation sites excluding steroid dienone is 4. The van der Waals surface area contributed by atoms with E-state index >= 15 is 0 Å². The third-order valence-corrected chi connectivity index (χ3v) is 7.86. The van der Waals surface area contributed by atoms with E-state index in [1.165, 1.54) is 0 Å². The zero-order valence-corrected chi connectivity index (χ0v) is 19.1. The highest BCUT2D eigenvalue weighted by Gasteiger charge is 2.54. The van der Waals surface area contributed by atoms with Crippen LogP contribution in [0.4, 0.5) is 0 Å². The Morgan fingerprint density at radius 3 is 2.70 bits per heavy atom. The van der Waals surface area contributed by atoms with Crippen LogP contribution in [0.15, 0.2) is 52.2 Å². The predicted octanol–water partition coefficient (Wildman–Crippen LogP) is 5.55. The van der Waals surface area contributed by atoms with E-state index in [0.717, 1.165) is 34.1 Å². The molecule has 0 bridgehead atoms. The first-order valence-electron chi connectivity index (χ1n) is 10.7. The number of hydrogen-bond donors (Lipinski definition) is 0. The molecule has 156 valence electrons. The molecule has 0 aromatic heterocycles. The number of nitrogens with zero attached hydrogens (tertiary/aromatic N) is 2. The van der Waals surface area contributed by atoms with Crippen molar-refractivity contribution in [2.24, 2.45) is 23.2 Å². The maximum Gasteiger partial charge on any atom is 0.227 e. The van der Waals surface area contributed by atoms with Crippen molar-refractivity contribution in [1.82, 2.24) is 4.90 Å². The van der Waals surface area contributed by atoms with E-state index in [0.29, 0.717) is 25.8 Å². The average molecular weight is 467 g/mol. The first kappa shape index (κ1) is 21.1. The second-order valence-corrected chi connectivity index (χ2v) is 10.0. The largest absolute Gasteiger partial charge is 0.312 e. The second kappa shape index (κ2) is 8.15. The van der Waals surface area contributed by atoms with E-state index < -0.39 is 0 Å². The average Bonchev–Trinajstić information content (AvgIpc) is 2.71. The van der Waals surface area contributed by atoms with Gasteiger partial charge in [-0.05, 0) is 61.8 Å². The molecule has 1 aromatic rings. The number of likely N-dealkylation sites (tertiary alicyclic amines) is 1. The van der Waals surface area contributed by atoms with Crippen LogP contribution < -0.4 is 0 Å². The van der Waals surface area contributed by atoms with Crippen LogP contribution in [0.1, 0.15) is 51.5 Å². The van der Waals surface area contributed by atoms with Crippen LogP contribution >= 0.6 is 15.9 Å². The van der Waals surface area contributed by atoms with Gasteiger partial charge in [0.1, 0.15) is 0 Å². The summed E-state index contributed by atoms with van der Waals surface area (Å²) in [6, 6.07) is 10.3. The van der Waals surface area contributed by atoms with Crippen LogP contribution in [-0.4, -0.2) is 16.6 Å². The molecule has 1 amide bonds. The van der Waals surface area contributed by atoms with Crippen LogP contribution in [0.2, 0.25) is 0 Å². The van der Waals surface area contributed by atoms with Gasteiger partial charge in [0, 0.05) is 34.3 Å². The Hall–Kier alpha value is -2.19. The van der Waals surface area contributed by atoms with E-state index in [1.807, 2.05) is 42.2 Å². The quantitative estimate of drug-likeness (QED) is 0.584. The van der Waals surface area contributed by atoms with Gasteiger partial charge in [-0.3, -0.25) is 9.59 Å². The lowest BCUT2D eigenvalue weighted by Gasteiger charge is -2.54. The van der Waals surface area contributed by atoms with Gasteiger partial charge in [-0.2, -0.15) is 5.26 Å². The van der Waals surface area contributed by atoms with Gasteiger partial charge >= 0.3 is 0 Å². The molecule has 1 aromatic carbocycles. The molecule has 2 aliphatic carbocycles. The summed E-state index contributed by atoms with van der Waals surface area (Å²) in [7, 11) is 0. The number of ketones is 1. The van der Waals surface area contributed by atoms with Gasteiger partial charge in [0.2, 0.25) is 5.91 Å². The molecular weight excluding hydrogens is 440 g/mol. The van der Waals surface area contributed by atoms with Gasteiger partial charge in [0.05, 0.1) is 12.6 Å². The molecule has 2 unspecified atom stereocenters. The highest BCUT2D eigenvalue weighted by atomic mass is 79.9. The maximum absolute atomic E-state index is 13.2. The van der Waals surface area contributed by atoms with Gasteiger partial charge in [-0.15, -0.1) is 0 Å². The molecule has 0 spiro atoms. The minimum Gasteiger partial charge on any atom is -0.312 e. The molecule has 4 rings (SSSR count). The number of carbonyl (C=O) groups is 2. The Bertz CT molecular complexity index is 972. The van der Waals surface area contributed by atoms with Crippen molar-refractivity contribution in [2.75, 3.05) is 0 Å². The molecule has 0 saturated carbocycles. The summed E-state index contributed by atoms with van der Waals surface area (Å²) >= 11 is 3.46. The van der Waals surface area contributed by atoms with E-state index in [2.05, 4.69) is 35.0 Å². The van der Waals surface area contributed by atoms with Crippen LogP contribution in [0.5, 0.6) is 0 Å². The standard InChI is InChI=1S/C25H27BrN2O2/c1-16-14-21(29)24-20(19(16)4-3-13-27)9-10-22-25(24,2)12-11-23(30)28(22)15-17-5-7-18(26)8-6-17/h5-8,10,14,19-20,24H,3-4,9,11-12,15H2,1-2H3/t19-,20?,24-,25?/m1/s1. The third-order valence-electron chi connectivity index (χ3n) is 7.33. The summed E-state index contributed by atoms with van der Waals surface area (Å²) in [4.78, 5) is 28.0. The molecule has 0 radical (unpaired) electrons. The predicted molar refractivity (Wildman–Crippen MR) is 119 cm³/mol. The zero-order chi connectivity index (χ0) is 21.5. The molecule has 4 atom stereocenters. The number of carbonyl (C=O) groups excluding carboxylic acids is 2. The fourth-order valence-corrected chi connectivity index (χ4v) is 6.14. The molecular formula is C25H27BrN2O2. The van der Waals surface area contributed by atoms with E-state index in [4.69, 9.17) is 5.26 Å². The number of fused-ring (bicyclic) bond motifs is 3. The van der Waals surface area contributed by atoms with Crippen LogP contribution in [-0.2, 0) is 16.1 Å². The van der Waals surface area contributed by atoms with Crippen LogP contribution in [0.25, 0.3) is 0 Å². The van der Waals surface area contributed by atoms with Gasteiger partial charge < -0.3 is 4.90 Å². The summed E-state index contributed by atoms with van der Waals surface area (Å²) in [5.74, 6) is 0.685. The van der Waals surface area contributed by atoms with Crippen molar-refractivity contribution in [3.63, 3.8) is 0 Å². The lowest BCUT2D eigenvalue weighted by atomic mass is 9.53. The number of hydrogen-bond acceptors (Lipinski definition) is 3. The lowest BCUT2D eigenvalue weighted by molar-refractivity contribution is -0.140. The number of benzene rings is 1. The molecule has 1 heterocycles. The van der Waals surface area contributed by atoms with Gasteiger partial charge in [0.15, 0.2) is 5.78 Å². The summed E-state index contributed by atoms with van der Waals surface area (Å²) in [5.41, 5.74) is 2.86. The normalized spacial score (nSPS) is 30.7. The number of amides is 1. The molecule has 30 heavy (non-hydrogen) atoms. The fraction of sp³-hybridized carbons (Fsp3) is 0.480. The van der Waals surface area contributed by atoms with Crippen molar-refractivity contribution >= 4 is 27.6 Å². The van der Waals surface area contributed by atoms with Crippen molar-refractivity contribution in [1.29, 1.82) is 5.26 Å². The third kappa shape index (κ3) is 3.56.